The maximum absolute atomic E-state index is 11.7. The molecule has 100 valence electrons. The van der Waals surface area contributed by atoms with Crippen LogP contribution in [0.3, 0.4) is 0 Å². The molecule has 0 aliphatic heterocycles. The van der Waals surface area contributed by atoms with E-state index in [0.29, 0.717) is 35.5 Å². The van der Waals surface area contributed by atoms with Crippen molar-refractivity contribution in [1.82, 2.24) is 4.90 Å². The molecule has 6 fully saturated rings. The number of aliphatic imine (C=N–C) groups is 1. The van der Waals surface area contributed by atoms with Gasteiger partial charge in [-0.05, 0) is 56.3 Å². The zero-order valence-electron chi connectivity index (χ0n) is 11.1. The second kappa shape index (κ2) is 2.24. The molecule has 0 spiro atoms. The number of rotatable bonds is 2. The number of nitrogens with zero attached hydrogens (tertiary/aromatic N) is 2. The van der Waals surface area contributed by atoms with Crippen LogP contribution in [0.15, 0.2) is 4.99 Å². The van der Waals surface area contributed by atoms with E-state index in [4.69, 9.17) is 0 Å². The van der Waals surface area contributed by atoms with Crippen molar-refractivity contribution in [2.45, 2.75) is 37.4 Å². The number of hydrogen-bond donors (Lipinski definition) is 1. The molecule has 6 rings (SSSR count). The van der Waals surface area contributed by atoms with E-state index in [1.807, 2.05) is 20.8 Å². The molecule has 0 aromatic heterocycles. The predicted octanol–water partition coefficient (Wildman–Crippen LogP) is 1.34. The lowest BCUT2D eigenvalue weighted by molar-refractivity contribution is -0.605. The summed E-state index contributed by atoms with van der Waals surface area (Å²) in [6, 6.07) is 0. The summed E-state index contributed by atoms with van der Waals surface area (Å²) in [5, 5.41) is 9.62. The maximum Gasteiger partial charge on any atom is 0.408 e. The third-order valence-corrected chi connectivity index (χ3v) is 7.01. The average Bonchev–Trinajstić information content (AvgIpc) is 2.30. The van der Waals surface area contributed by atoms with Crippen molar-refractivity contribution in [3.05, 3.63) is 0 Å². The highest BCUT2D eigenvalue weighted by Gasteiger charge is 3.12. The van der Waals surface area contributed by atoms with Gasteiger partial charge in [0.05, 0.1) is 11.1 Å². The molecule has 1 N–H and O–H groups in total. The number of hydrogen-bond acceptors (Lipinski definition) is 3. The van der Waals surface area contributed by atoms with E-state index >= 15 is 0 Å². The molecule has 0 aromatic rings. The summed E-state index contributed by atoms with van der Waals surface area (Å²) in [7, 11) is 0. The van der Waals surface area contributed by atoms with Crippen LogP contribution in [0.1, 0.15) is 20.8 Å². The van der Waals surface area contributed by atoms with E-state index in [0.717, 1.165) is 0 Å². The Morgan fingerprint density at radius 3 is 1.95 bits per heavy atom. The molecule has 0 saturated heterocycles. The Bertz CT molecular complexity index is 545. The summed E-state index contributed by atoms with van der Waals surface area (Å²) in [4.78, 5) is 28.1. The molecule has 6 aliphatic rings. The molecule has 0 radical (unpaired) electrons. The quantitative estimate of drug-likeness (QED) is 0.601. The van der Waals surface area contributed by atoms with Gasteiger partial charge in [-0.25, -0.2) is 9.59 Å². The number of isocyanates is 1. The lowest BCUT2D eigenvalue weighted by Crippen LogP contribution is -3.17. The van der Waals surface area contributed by atoms with Crippen molar-refractivity contribution in [2.75, 3.05) is 0 Å². The van der Waals surface area contributed by atoms with E-state index in [-0.39, 0.29) is 16.6 Å². The minimum absolute atomic E-state index is 0.0778. The van der Waals surface area contributed by atoms with Crippen molar-refractivity contribution < 1.29 is 14.7 Å². The highest BCUT2D eigenvalue weighted by molar-refractivity contribution is 5.74. The van der Waals surface area contributed by atoms with Gasteiger partial charge in [0.15, 0.2) is 0 Å². The van der Waals surface area contributed by atoms with E-state index in [9.17, 15) is 14.7 Å². The van der Waals surface area contributed by atoms with Crippen LogP contribution in [-0.4, -0.2) is 38.8 Å². The van der Waals surface area contributed by atoms with Gasteiger partial charge in [-0.1, -0.05) is 0 Å². The molecule has 0 bridgehead atoms. The smallest absolute Gasteiger partial charge is 0.408 e. The number of carbonyl (C=O) groups excluding carboxylic acids is 1. The third-order valence-electron chi connectivity index (χ3n) is 7.01. The van der Waals surface area contributed by atoms with Crippen LogP contribution in [0, 0.1) is 35.5 Å². The largest absolute Gasteiger partial charge is 0.465 e. The van der Waals surface area contributed by atoms with Gasteiger partial charge in [-0.2, -0.15) is 4.99 Å². The lowest BCUT2D eigenvalue weighted by atomic mass is 8.96. The standard InChI is InChI=1S/C14H16N2O3/c1-12(2,3)16(11(18)19)14-8-5-9(14)7-10(14)6(8)13(5,7)15-4-17/h5-10H,1-3H3,(H,18,19). The summed E-state index contributed by atoms with van der Waals surface area (Å²) in [6.45, 7) is 5.92. The number of carbonyl (C=O) groups is 1. The highest BCUT2D eigenvalue weighted by atomic mass is 16.4. The second-order valence-electron chi connectivity index (χ2n) is 7.92. The molecule has 0 atom stereocenters. The molecule has 1 amide bonds. The van der Waals surface area contributed by atoms with Crippen molar-refractivity contribution in [3.63, 3.8) is 0 Å². The predicted molar refractivity (Wildman–Crippen MR) is 64.1 cm³/mol. The van der Waals surface area contributed by atoms with E-state index in [2.05, 4.69) is 4.99 Å². The van der Waals surface area contributed by atoms with E-state index in [1.165, 1.54) is 0 Å². The summed E-state index contributed by atoms with van der Waals surface area (Å²) in [5.41, 5.74) is -0.525. The minimum atomic E-state index is -0.795. The van der Waals surface area contributed by atoms with Gasteiger partial charge >= 0.3 is 6.09 Å². The fraction of sp³-hybridized carbons (Fsp3) is 0.857. The van der Waals surface area contributed by atoms with Crippen LogP contribution in [0.25, 0.3) is 0 Å². The Labute approximate surface area is 110 Å². The molecule has 5 heteroatoms. The fourth-order valence-corrected chi connectivity index (χ4v) is 7.20. The zero-order chi connectivity index (χ0) is 13.5. The summed E-state index contributed by atoms with van der Waals surface area (Å²) in [5.74, 6) is 2.87. The fourth-order valence-electron chi connectivity index (χ4n) is 7.20. The van der Waals surface area contributed by atoms with Gasteiger partial charge < -0.3 is 5.11 Å². The SMILES string of the molecule is CC(C)(C)N(C(=O)O)C12C3C4C1C1C2C3C41N=C=O. The zero-order valence-corrected chi connectivity index (χ0v) is 11.1. The highest BCUT2D eigenvalue weighted by Crippen LogP contribution is 3.05. The minimum Gasteiger partial charge on any atom is -0.465 e. The molecule has 0 unspecified atom stereocenters. The number of amides is 1. The summed E-state index contributed by atoms with van der Waals surface area (Å²) >= 11 is 0. The first-order chi connectivity index (χ1) is 8.86. The first kappa shape index (κ1) is 10.4. The van der Waals surface area contributed by atoms with Crippen LogP contribution in [0.4, 0.5) is 4.79 Å². The molecule has 5 nitrogen and oxygen atoms in total. The van der Waals surface area contributed by atoms with E-state index < -0.39 is 6.09 Å². The molecule has 19 heavy (non-hydrogen) atoms. The molecular weight excluding hydrogens is 244 g/mol. The summed E-state index contributed by atoms with van der Waals surface area (Å²) < 4.78 is 0. The normalized spacial score (nSPS) is 60.2. The van der Waals surface area contributed by atoms with Crippen LogP contribution < -0.4 is 0 Å². The van der Waals surface area contributed by atoms with Crippen molar-refractivity contribution >= 4 is 12.2 Å². The Morgan fingerprint density at radius 1 is 1.16 bits per heavy atom. The summed E-state index contributed by atoms with van der Waals surface area (Å²) in [6.07, 6.45) is 0.950. The molecule has 0 aromatic carbocycles. The van der Waals surface area contributed by atoms with Crippen LogP contribution >= 0.6 is 0 Å². The van der Waals surface area contributed by atoms with Gasteiger partial charge in [0, 0.05) is 5.54 Å². The monoisotopic (exact) mass is 260 g/mol. The van der Waals surface area contributed by atoms with Crippen molar-refractivity contribution in [2.24, 2.45) is 40.5 Å². The van der Waals surface area contributed by atoms with Gasteiger partial charge in [0.25, 0.3) is 0 Å². The number of carboxylic acid groups (broad SMARTS) is 1. The molecule has 6 saturated carbocycles. The first-order valence-corrected chi connectivity index (χ1v) is 6.98. The van der Waals surface area contributed by atoms with Crippen LogP contribution in [0.5, 0.6) is 0 Å². The maximum atomic E-state index is 11.7. The van der Waals surface area contributed by atoms with Crippen LogP contribution in [-0.2, 0) is 4.79 Å². The Balaban J connectivity index is 1.55. The van der Waals surface area contributed by atoms with Gasteiger partial charge in [0.1, 0.15) is 0 Å². The van der Waals surface area contributed by atoms with Crippen LogP contribution in [0.2, 0.25) is 0 Å². The lowest BCUT2D eigenvalue weighted by Gasteiger charge is -3.10. The Kier molecular flexibility index (Phi) is 1.23. The van der Waals surface area contributed by atoms with Gasteiger partial charge in [-0.3, -0.25) is 4.90 Å². The van der Waals surface area contributed by atoms with E-state index in [1.54, 1.807) is 11.0 Å². The van der Waals surface area contributed by atoms with Crippen molar-refractivity contribution in [3.8, 4) is 0 Å². The average molecular weight is 260 g/mol. The van der Waals surface area contributed by atoms with Gasteiger partial charge in [0.2, 0.25) is 6.08 Å². The molecule has 0 heterocycles. The Morgan fingerprint density at radius 2 is 1.63 bits per heavy atom. The second-order valence-corrected chi connectivity index (χ2v) is 7.92. The first-order valence-electron chi connectivity index (χ1n) is 6.98. The topological polar surface area (TPSA) is 70.0 Å². The van der Waals surface area contributed by atoms with Gasteiger partial charge in [-0.15, -0.1) is 0 Å². The molecule has 6 aliphatic carbocycles. The Hall–Kier alpha value is -1.35. The van der Waals surface area contributed by atoms with Crippen molar-refractivity contribution in [1.29, 1.82) is 0 Å². The molecular formula is C14H16N2O3. The third kappa shape index (κ3) is 0.578.